The molecular weight excluding hydrogens is 1720 g/mol. The van der Waals surface area contributed by atoms with Gasteiger partial charge in [-0.3, -0.25) is 0 Å². The van der Waals surface area contributed by atoms with Crippen molar-refractivity contribution in [2.75, 3.05) is 14.7 Å². The molecule has 0 N–H and O–H groups in total. The van der Waals surface area contributed by atoms with Gasteiger partial charge in [-0.2, -0.15) is 0 Å². The van der Waals surface area contributed by atoms with Crippen LogP contribution in [0.3, 0.4) is 0 Å². The minimum Gasteiger partial charge on any atom is -0.310 e. The van der Waals surface area contributed by atoms with Crippen molar-refractivity contribution < 1.29 is 0 Å². The lowest BCUT2D eigenvalue weighted by Crippen LogP contribution is -2.48. The highest BCUT2D eigenvalue weighted by Gasteiger charge is 2.55. The van der Waals surface area contributed by atoms with Crippen LogP contribution in [0, 0.1) is 71.0 Å². The van der Waals surface area contributed by atoms with Gasteiger partial charge in [-0.15, -0.1) is 0 Å². The standard InChI is InChI=1S/C54H67N.C46H49N.C40H43N/c1-3-5-7-11-27-54(28-12-8-6-4-2)51-14-10-9-13-48(51)49-26-25-47(34-52(49)54)55(45-21-17-42(18-22-45)50-33-38-15-16-43(50)32-38)46-23-19-44(20-24-46)53-35-39-29-40(36-53)31-41(30-39)37-53;1-2-6-43-40(5-1)41-18-17-39(26-44(41)46(43)19-3-4-20-46)47(37-13-9-34(10-14-37)42-25-30-7-8-35(42)24-30)38-15-11-36(12-16-38)45-27-31-21-32(28-45)23-33(22-31)29-45;1-40(2)38-11-7-6-10-35(38)36-23-22-34(26-39(36)40)41(32-18-14-29(15-19-32)28-8-4-3-5-9-28)33-20-16-30(17-21-33)37-25-27-12-13-31(37)24-27/h9-10,13-14,17-26,34,38-41,43,50H,3-8,11-12,15-16,27-33,35-37H2,1-2H3;1-2,5-6,9-18,26,30-33,35,42H,3-4,7-8,19-25,27-29H2;6-7,10-11,14-23,26-28,31,37H,3-5,8-9,12-13,24-25H2,1-2H3. The van der Waals surface area contributed by atoms with Gasteiger partial charge in [-0.25, -0.2) is 0 Å². The molecule has 0 saturated heterocycles. The van der Waals surface area contributed by atoms with Crippen LogP contribution in [0.5, 0.6) is 0 Å². The van der Waals surface area contributed by atoms with Gasteiger partial charge in [0.1, 0.15) is 0 Å². The van der Waals surface area contributed by atoms with Gasteiger partial charge in [0.15, 0.2) is 0 Å². The topological polar surface area (TPSA) is 9.72 Å². The minimum absolute atomic E-state index is 0.00983. The van der Waals surface area contributed by atoms with Crippen LogP contribution in [-0.2, 0) is 27.1 Å². The van der Waals surface area contributed by atoms with Crippen LogP contribution in [0.15, 0.2) is 273 Å². The average Bonchev–Trinajstić information content (AvgIpc) is 1.53. The molecule has 9 atom stereocenters. The van der Waals surface area contributed by atoms with Gasteiger partial charge in [-0.05, 0) is 488 Å². The van der Waals surface area contributed by atoms with E-state index in [2.05, 4.69) is 315 Å². The monoisotopic (exact) mass is 1880 g/mol. The van der Waals surface area contributed by atoms with Crippen molar-refractivity contribution in [3.63, 3.8) is 0 Å². The summed E-state index contributed by atoms with van der Waals surface area (Å²) in [5.74, 6) is 14.5. The Morgan fingerprint density at radius 3 is 0.951 bits per heavy atom. The van der Waals surface area contributed by atoms with Gasteiger partial charge in [0.25, 0.3) is 0 Å². The molecule has 0 amide bonds. The fourth-order valence-electron chi connectivity index (χ4n) is 37.0. The minimum atomic E-state index is -0.00983. The summed E-state index contributed by atoms with van der Waals surface area (Å²) in [5.41, 5.74) is 40.1. The maximum absolute atomic E-state index is 2.66. The predicted octanol–water partition coefficient (Wildman–Crippen LogP) is 39.5. The van der Waals surface area contributed by atoms with Crippen LogP contribution in [0.1, 0.15) is 394 Å². The Balaban J connectivity index is 0.000000108. The van der Waals surface area contributed by atoms with Crippen molar-refractivity contribution in [2.24, 2.45) is 71.0 Å². The van der Waals surface area contributed by atoms with E-state index in [4.69, 9.17) is 0 Å². The Kier molecular flexibility index (Phi) is 24.0. The summed E-state index contributed by atoms with van der Waals surface area (Å²) < 4.78 is 0. The third-order valence-corrected chi connectivity index (χ3v) is 42.9. The van der Waals surface area contributed by atoms with Crippen molar-refractivity contribution in [3.8, 4) is 33.4 Å². The number of unbranched alkanes of at least 4 members (excludes halogenated alkanes) is 6. The third-order valence-electron chi connectivity index (χ3n) is 42.9. The van der Waals surface area contributed by atoms with Crippen molar-refractivity contribution in [1.29, 1.82) is 0 Å². The van der Waals surface area contributed by atoms with Gasteiger partial charge in [-0.1, -0.05) is 294 Å². The Bertz CT molecular complexity index is 6520. The highest BCUT2D eigenvalue weighted by Crippen LogP contribution is 2.67. The van der Waals surface area contributed by atoms with Gasteiger partial charge in [0.2, 0.25) is 0 Å². The first-order valence-corrected chi connectivity index (χ1v) is 59.0. The lowest BCUT2D eigenvalue weighted by atomic mass is 9.48. The second-order valence-electron chi connectivity index (χ2n) is 51.5. The van der Waals surface area contributed by atoms with Crippen molar-refractivity contribution in [1.82, 2.24) is 0 Å². The second kappa shape index (κ2) is 37.5. The fraction of sp³-hybridized carbons (Fsp3) is 0.486. The summed E-state index contributed by atoms with van der Waals surface area (Å²) in [6, 6.07) is 109. The number of anilines is 9. The fourth-order valence-corrected chi connectivity index (χ4v) is 37.0. The van der Waals surface area contributed by atoms with E-state index >= 15 is 0 Å². The van der Waals surface area contributed by atoms with E-state index in [0.29, 0.717) is 10.8 Å². The highest BCUT2D eigenvalue weighted by molar-refractivity contribution is 5.90. The Morgan fingerprint density at radius 2 is 0.566 bits per heavy atom. The normalized spacial score (nSPS) is 29.2. The van der Waals surface area contributed by atoms with Crippen LogP contribution >= 0.6 is 0 Å². The number of rotatable bonds is 25. The van der Waals surface area contributed by atoms with Gasteiger partial charge < -0.3 is 14.7 Å². The molecule has 16 saturated carbocycles. The maximum atomic E-state index is 2.66. The lowest BCUT2D eigenvalue weighted by Gasteiger charge is -2.57. The molecule has 143 heavy (non-hydrogen) atoms. The van der Waals surface area contributed by atoms with E-state index in [1.165, 1.54) is 377 Å². The van der Waals surface area contributed by atoms with Gasteiger partial charge in [0.05, 0.1) is 0 Å². The molecular formula is C140H159N3. The summed E-state index contributed by atoms with van der Waals surface area (Å²) in [7, 11) is 0. The van der Waals surface area contributed by atoms with E-state index in [9.17, 15) is 0 Å². The zero-order chi connectivity index (χ0) is 95.3. The molecule has 9 unspecified atom stereocenters. The number of hydrogen-bond donors (Lipinski definition) is 0. The molecule has 19 aliphatic rings. The molecule has 14 bridgehead atoms. The molecule has 31 rings (SSSR count). The smallest absolute Gasteiger partial charge is 0.0465 e. The zero-order valence-corrected chi connectivity index (χ0v) is 87.0. The van der Waals surface area contributed by atoms with E-state index in [1.54, 1.807) is 50.1 Å². The highest BCUT2D eigenvalue weighted by atomic mass is 15.2. The molecule has 0 heterocycles. The molecule has 0 aliphatic heterocycles. The Hall–Kier alpha value is -9.96. The summed E-state index contributed by atoms with van der Waals surface area (Å²) in [6.45, 7) is 9.47. The molecule has 16 fully saturated rings. The Labute approximate surface area is 858 Å². The largest absolute Gasteiger partial charge is 0.310 e. The number of hydrogen-bond acceptors (Lipinski definition) is 3. The van der Waals surface area contributed by atoms with Crippen LogP contribution in [0.2, 0.25) is 0 Å². The molecule has 12 aromatic rings. The summed E-state index contributed by atoms with van der Waals surface area (Å²) in [5, 5.41) is 0. The van der Waals surface area contributed by atoms with E-state index in [0.717, 1.165) is 94.7 Å². The quantitative estimate of drug-likeness (QED) is 0.0528. The second-order valence-corrected chi connectivity index (χ2v) is 51.5. The number of benzene rings is 12. The summed E-state index contributed by atoms with van der Waals surface area (Å²) >= 11 is 0. The molecule has 3 nitrogen and oxygen atoms in total. The van der Waals surface area contributed by atoms with Crippen LogP contribution in [0.25, 0.3) is 33.4 Å². The number of nitrogens with zero attached hydrogens (tertiary/aromatic N) is 3. The van der Waals surface area contributed by atoms with Crippen molar-refractivity contribution >= 4 is 51.2 Å². The van der Waals surface area contributed by atoms with Gasteiger partial charge in [0, 0.05) is 67.4 Å². The molecule has 1 spiro atoms. The van der Waals surface area contributed by atoms with Crippen molar-refractivity contribution in [3.05, 3.63) is 340 Å². The molecule has 0 aromatic heterocycles. The van der Waals surface area contributed by atoms with Crippen LogP contribution < -0.4 is 14.7 Å². The predicted molar refractivity (Wildman–Crippen MR) is 599 cm³/mol. The van der Waals surface area contributed by atoms with E-state index in [1.807, 2.05) is 0 Å². The lowest BCUT2D eigenvalue weighted by molar-refractivity contribution is -0.00530. The Morgan fingerprint density at radius 1 is 0.245 bits per heavy atom. The van der Waals surface area contributed by atoms with Crippen molar-refractivity contribution in [2.45, 2.75) is 355 Å². The average molecular weight is 1880 g/mol. The van der Waals surface area contributed by atoms with Gasteiger partial charge >= 0.3 is 0 Å². The third kappa shape index (κ3) is 16.3. The summed E-state index contributed by atoms with van der Waals surface area (Å²) in [6.07, 6.45) is 60.0. The van der Waals surface area contributed by atoms with E-state index < -0.39 is 0 Å². The van der Waals surface area contributed by atoms with E-state index in [-0.39, 0.29) is 16.2 Å². The molecule has 19 aliphatic carbocycles. The molecule has 3 heteroatoms. The molecule has 12 aromatic carbocycles. The first-order valence-electron chi connectivity index (χ1n) is 59.0. The van der Waals surface area contributed by atoms with Crippen LogP contribution in [0.4, 0.5) is 51.2 Å². The molecule has 0 radical (unpaired) electrons. The van der Waals surface area contributed by atoms with Crippen LogP contribution in [-0.4, -0.2) is 0 Å². The first kappa shape index (κ1) is 91.7. The molecule has 734 valence electrons. The SMILES string of the molecule is CC1(C)c2ccccc2-c2ccc(N(c3ccc(C4CCCCC4)cc3)c3ccc(C4CC5CCC4C5)cc3)cc21.CCCCCCC1(CCCCCC)c2ccccc2-c2ccc(N(c3ccc(C4CC5CCC4C5)cc3)c3ccc(C45CC6CC(CC(C6)C4)C5)cc3)cc21.c1ccc2c(c1)-c1ccc(N(c3ccc(C4CC5CCC4C5)cc3)c3ccc(C45CC6CC(CC(C6)C4)C5)cc3)cc1C21CCCC1. The zero-order valence-electron chi connectivity index (χ0n) is 87.0. The number of fused-ring (bicyclic) bond motifs is 17. The summed E-state index contributed by atoms with van der Waals surface area (Å²) in [4.78, 5) is 7.70. The maximum Gasteiger partial charge on any atom is 0.0465 e. The first-order chi connectivity index (χ1) is 70.3.